The highest BCUT2D eigenvalue weighted by atomic mass is 16.7. The smallest absolute Gasteiger partial charge is 0.307 e. The van der Waals surface area contributed by atoms with Crippen molar-refractivity contribution in [3.8, 4) is 11.5 Å². The molecule has 0 saturated carbocycles. The summed E-state index contributed by atoms with van der Waals surface area (Å²) in [4.78, 5) is 198. The molecule has 38 heteroatoms. The summed E-state index contributed by atoms with van der Waals surface area (Å²) in [6.45, 7) is 14.7. The summed E-state index contributed by atoms with van der Waals surface area (Å²) in [5.74, 6) is -9.30. The molecule has 3 aliphatic rings. The second-order valence-corrected chi connectivity index (χ2v) is 31.4. The third-order valence-corrected chi connectivity index (χ3v) is 21.3. The summed E-state index contributed by atoms with van der Waals surface area (Å²) in [7, 11) is 3.02. The van der Waals surface area contributed by atoms with Gasteiger partial charge >= 0.3 is 41.8 Å². The van der Waals surface area contributed by atoms with Crippen LogP contribution in [-0.4, -0.2) is 278 Å². The van der Waals surface area contributed by atoms with Gasteiger partial charge in [-0.25, -0.2) is 0 Å². The number of nitrogens with one attached hydrogen (secondary N) is 5. The molecule has 16 atom stereocenters. The van der Waals surface area contributed by atoms with E-state index in [2.05, 4.69) is 26.6 Å². The van der Waals surface area contributed by atoms with E-state index in [4.69, 9.17) is 75.8 Å². The summed E-state index contributed by atoms with van der Waals surface area (Å²) in [5.41, 5.74) is 0.0792. The number of Topliss-reactive ketones (excluding diaryl/α,β-unsaturated/α-hetero) is 1. The first-order valence-electron chi connectivity index (χ1n) is 42.8. The number of carbonyl (C=O) groups is 15. The van der Waals surface area contributed by atoms with E-state index >= 15 is 9.59 Å². The van der Waals surface area contributed by atoms with Crippen LogP contribution in [0.15, 0.2) is 78.9 Å². The van der Waals surface area contributed by atoms with Crippen molar-refractivity contribution in [1.82, 2.24) is 36.4 Å². The van der Waals surface area contributed by atoms with Crippen molar-refractivity contribution in [3.63, 3.8) is 0 Å². The van der Waals surface area contributed by atoms with Gasteiger partial charge in [0.25, 0.3) is 5.91 Å². The monoisotopic (exact) mass is 1790 g/mol. The highest BCUT2D eigenvalue weighted by molar-refractivity contribution is 5.86. The number of unbranched alkanes of at least 4 members (excludes halogenated alkanes) is 3. The minimum Gasteiger partial charge on any atom is -0.497 e. The Morgan fingerprint density at radius 1 is 0.409 bits per heavy atom. The van der Waals surface area contributed by atoms with Crippen LogP contribution in [0, 0.1) is 17.8 Å². The van der Waals surface area contributed by atoms with E-state index in [-0.39, 0.29) is 142 Å². The molecule has 3 aromatic rings. The fraction of sp³-hybridized carbons (Fsp3) is 0.629. The molecule has 7 amide bonds. The van der Waals surface area contributed by atoms with Crippen LogP contribution in [0.2, 0.25) is 0 Å². The molecule has 5 N–H and O–H groups in total. The van der Waals surface area contributed by atoms with Gasteiger partial charge in [0.2, 0.25) is 41.5 Å². The van der Waals surface area contributed by atoms with Crippen LogP contribution < -0.4 is 36.1 Å². The molecular weight excluding hydrogens is 1660 g/mol. The van der Waals surface area contributed by atoms with Gasteiger partial charge in [-0.15, -0.1) is 0 Å². The molecule has 0 spiro atoms. The summed E-state index contributed by atoms with van der Waals surface area (Å²) < 4.78 is 94.2. The number of ether oxygens (including phenoxy) is 16. The van der Waals surface area contributed by atoms with Gasteiger partial charge < -0.3 is 117 Å². The molecule has 0 bridgehead atoms. The SMILES string of the molecule is COc1ccc(C(OCC(OC(=O)CCC(C)=O)C(=O)N(CCNC(=O)CCCCO[C@@H]2OC(COC(C)=O)[C@H](OC(C)=O)[C@H](C)C2NC(C)=O)CCN(CCNC(=O)CCCCO[C@@H]2OC(COC(C)=O)[C@H](OC(C)=O)[C@H](C)C2NC(C)=O)C(=O)CCCCO[C@@H]2OC(COC(C)=O)[C@H](OC(C)=O)[C@H](C)C2NC(C)=O)(c2ccccc2)c2ccc(OC)cc2)cc1. The average Bonchev–Trinajstić information content (AvgIpc) is 0.713. The third-order valence-electron chi connectivity index (χ3n) is 21.3. The zero-order valence-corrected chi connectivity index (χ0v) is 75.3. The average molecular weight is 1790 g/mol. The number of methoxy groups -OCH3 is 2. The molecule has 38 nitrogen and oxygen atoms in total. The molecule has 3 aliphatic heterocycles. The van der Waals surface area contributed by atoms with Gasteiger partial charge in [0, 0.05) is 165 Å². The lowest BCUT2D eigenvalue weighted by Crippen LogP contribution is -2.62. The molecule has 3 heterocycles. The molecule has 3 fully saturated rings. The van der Waals surface area contributed by atoms with E-state index in [0.29, 0.717) is 34.6 Å². The van der Waals surface area contributed by atoms with Crippen molar-refractivity contribution in [2.75, 3.05) is 99.7 Å². The van der Waals surface area contributed by atoms with Gasteiger partial charge in [0.15, 0.2) is 18.9 Å². The van der Waals surface area contributed by atoms with E-state index in [0.717, 1.165) is 0 Å². The summed E-state index contributed by atoms with van der Waals surface area (Å²) in [5, 5.41) is 14.2. The van der Waals surface area contributed by atoms with Gasteiger partial charge in [-0.2, -0.15) is 0 Å². The van der Waals surface area contributed by atoms with Gasteiger partial charge in [-0.05, 0) is 86.4 Å². The molecular formula is C89H127N7O31. The summed E-state index contributed by atoms with van der Waals surface area (Å²) >= 11 is 0. The molecule has 704 valence electrons. The second kappa shape index (κ2) is 53.8. The number of carbonyl (C=O) groups excluding carboxylic acids is 15. The minimum absolute atomic E-state index is 0.00308. The van der Waals surface area contributed by atoms with E-state index in [1.807, 2.05) is 18.2 Å². The van der Waals surface area contributed by atoms with E-state index < -0.39 is 199 Å². The highest BCUT2D eigenvalue weighted by Gasteiger charge is 2.51. The summed E-state index contributed by atoms with van der Waals surface area (Å²) in [6, 6.07) is 20.6. The Kier molecular flexibility index (Phi) is 44.5. The number of hydrogen-bond donors (Lipinski definition) is 5. The molecule has 3 saturated heterocycles. The maximum absolute atomic E-state index is 16.0. The van der Waals surface area contributed by atoms with Crippen molar-refractivity contribution >= 4 is 88.9 Å². The van der Waals surface area contributed by atoms with Gasteiger partial charge in [-0.1, -0.05) is 75.4 Å². The number of nitrogens with zero attached hydrogens (tertiary/aromatic N) is 2. The van der Waals surface area contributed by atoms with Crippen molar-refractivity contribution in [3.05, 3.63) is 95.6 Å². The lowest BCUT2D eigenvalue weighted by molar-refractivity contribution is -0.262. The molecule has 0 radical (unpaired) electrons. The number of hydrogen-bond acceptors (Lipinski definition) is 31. The van der Waals surface area contributed by atoms with Gasteiger partial charge in [0.05, 0.1) is 45.4 Å². The van der Waals surface area contributed by atoms with E-state index in [1.165, 1.54) is 93.3 Å². The fourth-order valence-corrected chi connectivity index (χ4v) is 15.0. The molecule has 0 aliphatic carbocycles. The first-order chi connectivity index (χ1) is 60.4. The van der Waals surface area contributed by atoms with Gasteiger partial charge in [0.1, 0.15) is 79.3 Å². The number of ketones is 1. The zero-order chi connectivity index (χ0) is 93.5. The van der Waals surface area contributed by atoms with E-state index in [1.54, 1.807) is 81.4 Å². The van der Waals surface area contributed by atoms with Crippen LogP contribution >= 0.6 is 0 Å². The van der Waals surface area contributed by atoms with Crippen LogP contribution in [0.25, 0.3) is 0 Å². The topological polar surface area (TPSA) is 470 Å². The third kappa shape index (κ3) is 34.7. The second-order valence-electron chi connectivity index (χ2n) is 31.4. The van der Waals surface area contributed by atoms with Crippen molar-refractivity contribution in [1.29, 1.82) is 0 Å². The zero-order valence-electron chi connectivity index (χ0n) is 75.3. The normalized spacial score (nSPS) is 22.2. The maximum Gasteiger partial charge on any atom is 0.307 e. The standard InChI is InChI=1S/C89H127N7O31/c1-53(97)30-39-78(110)124-74(52-120-89(66-25-17-16-18-26-66,67-31-35-69(112-14)36-32-67)68-33-37-70(113-15)38-34-68)85(111)96(43-41-91-76(108)28-20-23-47-115-87-80(93-58(6)99)55(3)83(122-64(12)105)72(126-87)50-118-61(9)102)45-44-95(77(109)29-21-24-48-116-88-81(94-59(7)100)56(4)84(123-65(13)106)73(127-88)51-119-62(10)103)42-40-90-75(107)27-19-22-46-114-86-79(92-57(5)98)54(2)82(121-63(11)104)71(125-86)49-117-60(8)101/h16-18,25-26,31-38,54-56,71-74,79-84,86-88H,19-24,27-30,39-52H2,1-15H3,(H,90,107)(H,91,108)(H,92,98)(H,93,99)(H,94,100)/t54-,55-,56-,71?,72?,73?,74?,79?,80?,81?,82-,83-,84-,86-,87-,88-/m1/s1. The van der Waals surface area contributed by atoms with Crippen LogP contribution in [0.1, 0.15) is 177 Å². The Morgan fingerprint density at radius 2 is 0.764 bits per heavy atom. The Balaban J connectivity index is 1.31. The fourth-order valence-electron chi connectivity index (χ4n) is 15.0. The maximum atomic E-state index is 16.0. The van der Waals surface area contributed by atoms with E-state index in [9.17, 15) is 62.3 Å². The Bertz CT molecular complexity index is 4050. The largest absolute Gasteiger partial charge is 0.497 e. The Morgan fingerprint density at radius 3 is 1.11 bits per heavy atom. The highest BCUT2D eigenvalue weighted by Crippen LogP contribution is 2.43. The predicted octanol–water partition coefficient (Wildman–Crippen LogP) is 4.83. The van der Waals surface area contributed by atoms with Crippen molar-refractivity contribution in [2.45, 2.75) is 246 Å². The Hall–Kier alpha value is -10.8. The first kappa shape index (κ1) is 105. The van der Waals surface area contributed by atoms with Crippen LogP contribution in [-0.2, 0) is 144 Å². The number of amides is 7. The molecule has 6 rings (SSSR count). The quantitative estimate of drug-likeness (QED) is 0.0219. The Labute approximate surface area is 740 Å². The van der Waals surface area contributed by atoms with Crippen LogP contribution in [0.5, 0.6) is 11.5 Å². The van der Waals surface area contributed by atoms with Crippen molar-refractivity contribution < 1.29 is 148 Å². The molecule has 3 aromatic carbocycles. The molecule has 127 heavy (non-hydrogen) atoms. The molecule has 0 aromatic heterocycles. The lowest BCUT2D eigenvalue weighted by atomic mass is 9.80. The molecule has 7 unspecified atom stereocenters. The van der Waals surface area contributed by atoms with Crippen LogP contribution in [0.3, 0.4) is 0 Å². The minimum atomic E-state index is -1.80. The first-order valence-corrected chi connectivity index (χ1v) is 42.8. The number of benzene rings is 3. The predicted molar refractivity (Wildman–Crippen MR) is 449 cm³/mol. The summed E-state index contributed by atoms with van der Waals surface area (Å²) in [6.07, 6.45) is -10.4. The lowest BCUT2D eigenvalue weighted by Gasteiger charge is -2.44. The number of esters is 7. The van der Waals surface area contributed by atoms with Crippen molar-refractivity contribution in [2.24, 2.45) is 17.8 Å². The number of rotatable bonds is 52. The van der Waals surface area contributed by atoms with Crippen LogP contribution in [0.4, 0.5) is 0 Å². The van der Waals surface area contributed by atoms with Gasteiger partial charge in [-0.3, -0.25) is 67.1 Å².